The molecule has 1 saturated heterocycles. The highest BCUT2D eigenvalue weighted by Gasteiger charge is 2.19. The molecule has 0 aliphatic carbocycles. The van der Waals surface area contributed by atoms with E-state index in [-0.39, 0.29) is 12.0 Å². The van der Waals surface area contributed by atoms with Crippen LogP contribution in [0.15, 0.2) is 48.5 Å². The molecule has 5 N–H and O–H groups in total. The summed E-state index contributed by atoms with van der Waals surface area (Å²) in [5.74, 6) is -0.538. The highest BCUT2D eigenvalue weighted by molar-refractivity contribution is 5.82. The second-order valence-electron chi connectivity index (χ2n) is 7.17. The van der Waals surface area contributed by atoms with Crippen LogP contribution < -0.4 is 21.9 Å². The Balaban J connectivity index is 0.000000970. The quantitative estimate of drug-likeness (QED) is 0.335. The Hall–Kier alpha value is -3.11. The second-order valence-corrected chi connectivity index (χ2v) is 7.17. The minimum atomic E-state index is -1.10. The molecule has 1 aromatic heterocycles. The highest BCUT2D eigenvalue weighted by atomic mass is 16.4. The van der Waals surface area contributed by atoms with Crippen LogP contribution in [0.4, 0.5) is 0 Å². The summed E-state index contributed by atoms with van der Waals surface area (Å²) in [7, 11) is 0. The third kappa shape index (κ3) is 6.94. The van der Waals surface area contributed by atoms with Gasteiger partial charge in [-0.3, -0.25) is 0 Å². The van der Waals surface area contributed by atoms with Gasteiger partial charge in [0.25, 0.3) is 5.82 Å². The predicted molar refractivity (Wildman–Crippen MR) is 135 cm³/mol. The molecule has 9 nitrogen and oxygen atoms in total. The number of carbonyl (C=O) groups is 1. The topological polar surface area (TPSA) is 116 Å². The van der Waals surface area contributed by atoms with Crippen LogP contribution in [0.3, 0.4) is 0 Å². The summed E-state index contributed by atoms with van der Waals surface area (Å²) < 4.78 is 1.70. The van der Waals surface area contributed by atoms with Crippen molar-refractivity contribution in [3.8, 4) is 11.1 Å². The van der Waals surface area contributed by atoms with Crippen molar-refractivity contribution in [1.82, 2.24) is 36.7 Å². The standard InChI is InChI=1S/C21H25N7O2.2C2H6/c1-2-3-8-18-22-20(21(29)30)25-28(18)13-14-9-11-15(12-10-14)16-6-4-5-7-17(16)19-23-26-27-24-19;2*1-2/h4-7,9-12,19,23-24,26-27H,2-3,8,13H2,1H3,(H,29,30);2*1-2H3. The van der Waals surface area contributed by atoms with E-state index in [1.807, 2.05) is 52.0 Å². The summed E-state index contributed by atoms with van der Waals surface area (Å²) in [6.07, 6.45) is 2.62. The van der Waals surface area contributed by atoms with E-state index in [1.54, 1.807) is 4.68 Å². The summed E-state index contributed by atoms with van der Waals surface area (Å²) in [5.41, 5.74) is 16.3. The Morgan fingerprint density at radius 3 is 2.26 bits per heavy atom. The first-order valence-electron chi connectivity index (χ1n) is 12.0. The van der Waals surface area contributed by atoms with E-state index in [0.29, 0.717) is 18.8 Å². The third-order valence-corrected chi connectivity index (χ3v) is 5.06. The minimum Gasteiger partial charge on any atom is -0.475 e. The van der Waals surface area contributed by atoms with Crippen LogP contribution in [0.2, 0.25) is 0 Å². The van der Waals surface area contributed by atoms with E-state index >= 15 is 0 Å². The Morgan fingerprint density at radius 2 is 1.65 bits per heavy atom. The molecule has 9 heteroatoms. The smallest absolute Gasteiger partial charge is 0.375 e. The van der Waals surface area contributed by atoms with Gasteiger partial charge in [0, 0.05) is 6.42 Å². The van der Waals surface area contributed by atoms with Crippen molar-refractivity contribution in [2.45, 2.75) is 66.6 Å². The van der Waals surface area contributed by atoms with E-state index in [4.69, 9.17) is 0 Å². The zero-order chi connectivity index (χ0) is 24.9. The first-order chi connectivity index (χ1) is 16.7. The van der Waals surface area contributed by atoms with Gasteiger partial charge >= 0.3 is 5.97 Å². The maximum atomic E-state index is 11.3. The average molecular weight is 468 g/mol. The van der Waals surface area contributed by atoms with Gasteiger partial charge in [-0.2, -0.15) is 11.1 Å². The number of hydrogen-bond donors (Lipinski definition) is 5. The van der Waals surface area contributed by atoms with Crippen LogP contribution in [-0.4, -0.2) is 25.8 Å². The van der Waals surface area contributed by atoms with Crippen LogP contribution in [0.25, 0.3) is 11.1 Å². The maximum absolute atomic E-state index is 11.3. The Kier molecular flexibility index (Phi) is 11.3. The molecule has 1 fully saturated rings. The number of unbranched alkanes of at least 4 members (excludes halogenated alkanes) is 1. The van der Waals surface area contributed by atoms with Crippen molar-refractivity contribution in [2.24, 2.45) is 0 Å². The van der Waals surface area contributed by atoms with Gasteiger partial charge in [0.05, 0.1) is 6.54 Å². The summed E-state index contributed by atoms with van der Waals surface area (Å²) >= 11 is 0. The molecular formula is C25H37N7O2. The van der Waals surface area contributed by atoms with E-state index in [1.165, 1.54) is 0 Å². The van der Waals surface area contributed by atoms with Crippen molar-refractivity contribution >= 4 is 5.97 Å². The lowest BCUT2D eigenvalue weighted by molar-refractivity contribution is 0.0683. The van der Waals surface area contributed by atoms with Gasteiger partial charge in [0.15, 0.2) is 0 Å². The van der Waals surface area contributed by atoms with E-state index in [2.05, 4.69) is 63.2 Å². The molecule has 0 radical (unpaired) electrons. The van der Waals surface area contributed by atoms with Gasteiger partial charge in [-0.1, -0.05) is 89.6 Å². The number of carboxylic acids is 1. The van der Waals surface area contributed by atoms with Crippen LogP contribution in [0.1, 0.15) is 81.2 Å². The number of aryl methyl sites for hydroxylation is 1. The fourth-order valence-corrected chi connectivity index (χ4v) is 3.49. The lowest BCUT2D eigenvalue weighted by Crippen LogP contribution is -2.33. The molecule has 184 valence electrons. The number of nitrogens with one attached hydrogen (secondary N) is 4. The third-order valence-electron chi connectivity index (χ3n) is 5.06. The largest absolute Gasteiger partial charge is 0.475 e. The van der Waals surface area contributed by atoms with E-state index in [9.17, 15) is 9.90 Å². The number of nitrogens with zero attached hydrogens (tertiary/aromatic N) is 3. The molecular weight excluding hydrogens is 430 g/mol. The van der Waals surface area contributed by atoms with Crippen molar-refractivity contribution < 1.29 is 9.90 Å². The van der Waals surface area contributed by atoms with Crippen molar-refractivity contribution in [3.63, 3.8) is 0 Å². The normalized spacial score (nSPS) is 13.0. The predicted octanol–water partition coefficient (Wildman–Crippen LogP) is 4.20. The molecule has 1 aliphatic heterocycles. The molecule has 2 aromatic carbocycles. The summed E-state index contributed by atoms with van der Waals surface area (Å²) in [6, 6.07) is 16.4. The molecule has 0 unspecified atom stereocenters. The monoisotopic (exact) mass is 467 g/mol. The van der Waals surface area contributed by atoms with Crippen molar-refractivity contribution in [3.05, 3.63) is 71.3 Å². The highest BCUT2D eigenvalue weighted by Crippen LogP contribution is 2.28. The number of aromatic nitrogens is 3. The van der Waals surface area contributed by atoms with Crippen LogP contribution >= 0.6 is 0 Å². The first-order valence-corrected chi connectivity index (χ1v) is 12.0. The fourth-order valence-electron chi connectivity index (χ4n) is 3.49. The van der Waals surface area contributed by atoms with Gasteiger partial charge in [-0.15, -0.1) is 5.10 Å². The lowest BCUT2D eigenvalue weighted by atomic mass is 9.97. The molecule has 0 bridgehead atoms. The van der Waals surface area contributed by atoms with Gasteiger partial charge in [-0.05, 0) is 28.7 Å². The molecule has 0 atom stereocenters. The minimum absolute atomic E-state index is 0.0495. The van der Waals surface area contributed by atoms with E-state index in [0.717, 1.165) is 35.1 Å². The van der Waals surface area contributed by atoms with Crippen LogP contribution in [0.5, 0.6) is 0 Å². The number of rotatable bonds is 8. The molecule has 4 rings (SSSR count). The fraction of sp³-hybridized carbons (Fsp3) is 0.400. The summed E-state index contributed by atoms with van der Waals surface area (Å²) in [5, 5.41) is 13.4. The second kappa shape index (κ2) is 14.2. The average Bonchev–Trinajstić information content (AvgIpc) is 3.56. The van der Waals surface area contributed by atoms with Gasteiger partial charge in [-0.25, -0.2) is 25.3 Å². The van der Waals surface area contributed by atoms with Crippen molar-refractivity contribution in [1.29, 1.82) is 0 Å². The number of aromatic carboxylic acids is 1. The maximum Gasteiger partial charge on any atom is 0.375 e. The lowest BCUT2D eigenvalue weighted by Gasteiger charge is -2.15. The van der Waals surface area contributed by atoms with Crippen molar-refractivity contribution in [2.75, 3.05) is 0 Å². The molecule has 0 spiro atoms. The molecule has 3 aromatic rings. The number of carboxylic acid groups (broad SMARTS) is 1. The first kappa shape index (κ1) is 27.1. The zero-order valence-corrected chi connectivity index (χ0v) is 20.7. The molecule has 0 amide bonds. The Labute approximate surface area is 201 Å². The molecule has 0 saturated carbocycles. The van der Waals surface area contributed by atoms with Crippen LogP contribution in [-0.2, 0) is 13.0 Å². The molecule has 2 heterocycles. The summed E-state index contributed by atoms with van der Waals surface area (Å²) in [6.45, 7) is 10.6. The zero-order valence-electron chi connectivity index (χ0n) is 20.7. The number of hydrogen-bond acceptors (Lipinski definition) is 7. The number of benzene rings is 2. The molecule has 1 aliphatic rings. The summed E-state index contributed by atoms with van der Waals surface area (Å²) in [4.78, 5) is 15.5. The van der Waals surface area contributed by atoms with Gasteiger partial charge < -0.3 is 5.11 Å². The Morgan fingerprint density at radius 1 is 1.00 bits per heavy atom. The van der Waals surface area contributed by atoms with E-state index < -0.39 is 5.97 Å². The van der Waals surface area contributed by atoms with Gasteiger partial charge in [0.2, 0.25) is 0 Å². The van der Waals surface area contributed by atoms with Gasteiger partial charge in [0.1, 0.15) is 12.0 Å². The van der Waals surface area contributed by atoms with Crippen LogP contribution in [0, 0.1) is 0 Å². The SMILES string of the molecule is CC.CC.CCCCc1nc(C(=O)O)nn1Cc1ccc(-c2ccccc2C2NNNN2)cc1. The molecule has 34 heavy (non-hydrogen) atoms. The Bertz CT molecular complexity index is 1010. The number of hydrazine groups is 3.